The summed E-state index contributed by atoms with van der Waals surface area (Å²) in [4.78, 5) is 1.88. The fraction of sp³-hybridized carbons (Fsp3) is 0.625. The average Bonchev–Trinajstić information content (AvgIpc) is 2.43. The van der Waals surface area contributed by atoms with Crippen LogP contribution in [-0.4, -0.2) is 23.5 Å². The van der Waals surface area contributed by atoms with Gasteiger partial charge in [-0.15, -0.1) is 0 Å². The number of hydrogen-bond acceptors (Lipinski definition) is 2. The van der Waals surface area contributed by atoms with Crippen LogP contribution < -0.4 is 0 Å². The number of rotatable bonds is 7. The van der Waals surface area contributed by atoms with Gasteiger partial charge >= 0.3 is 0 Å². The maximum Gasteiger partial charge on any atom is 0.142 e. The predicted molar refractivity (Wildman–Crippen MR) is 85.0 cm³/mol. The van der Waals surface area contributed by atoms with Crippen molar-refractivity contribution >= 4 is 12.1 Å². The quantitative estimate of drug-likeness (QED) is 0.397. The maximum absolute atomic E-state index is 7.90. The van der Waals surface area contributed by atoms with E-state index in [1.165, 1.54) is 11.1 Å². The van der Waals surface area contributed by atoms with Crippen LogP contribution in [0.25, 0.3) is 0 Å². The lowest BCUT2D eigenvalue weighted by Crippen LogP contribution is -2.31. The molecule has 2 unspecified atom stereocenters. The van der Waals surface area contributed by atoms with Crippen LogP contribution in [0.5, 0.6) is 0 Å². The van der Waals surface area contributed by atoms with Gasteiger partial charge in [0.25, 0.3) is 0 Å². The first kappa shape index (κ1) is 17.6. The molecule has 0 aromatic heterocycles. The number of hydrogen-bond donors (Lipinski definition) is 2. The molecule has 3 nitrogen and oxygen atoms in total. The lowest BCUT2D eigenvalue weighted by molar-refractivity contribution is 0.465. The molecule has 0 heterocycles. The summed E-state index contributed by atoms with van der Waals surface area (Å²) in [6.07, 6.45) is 6.35. The van der Waals surface area contributed by atoms with Gasteiger partial charge in [-0.25, -0.2) is 0 Å². The van der Waals surface area contributed by atoms with Crippen molar-refractivity contribution < 1.29 is 0 Å². The minimum atomic E-state index is 0.249. The molecule has 0 aromatic rings. The van der Waals surface area contributed by atoms with Crippen LogP contribution in [-0.2, 0) is 0 Å². The molecule has 0 spiro atoms. The lowest BCUT2D eigenvalue weighted by atomic mass is 9.99. The monoisotopic (exact) mass is 263 g/mol. The summed E-state index contributed by atoms with van der Waals surface area (Å²) in [5.41, 5.74) is 2.58. The highest BCUT2D eigenvalue weighted by atomic mass is 15.1. The van der Waals surface area contributed by atoms with E-state index in [-0.39, 0.29) is 5.84 Å². The minimum absolute atomic E-state index is 0.249. The highest BCUT2D eigenvalue weighted by molar-refractivity contribution is 6.26. The van der Waals surface area contributed by atoms with E-state index in [1.807, 2.05) is 18.0 Å². The first-order valence-corrected chi connectivity index (χ1v) is 7.04. The third-order valence-corrected chi connectivity index (χ3v) is 3.90. The second-order valence-corrected chi connectivity index (χ2v) is 5.30. The topological polar surface area (TPSA) is 50.9 Å². The van der Waals surface area contributed by atoms with Gasteiger partial charge in [-0.2, -0.15) is 0 Å². The normalized spacial score (nSPS) is 15.9. The maximum atomic E-state index is 7.90. The zero-order valence-corrected chi connectivity index (χ0v) is 13.2. The van der Waals surface area contributed by atoms with Gasteiger partial charge in [0.1, 0.15) is 5.84 Å². The molecule has 2 atom stereocenters. The molecular formula is C16H29N3. The second-order valence-electron chi connectivity index (χ2n) is 5.30. The van der Waals surface area contributed by atoms with E-state index in [2.05, 4.69) is 40.7 Å². The Bertz CT molecular complexity index is 366. The summed E-state index contributed by atoms with van der Waals surface area (Å²) >= 11 is 0. The summed E-state index contributed by atoms with van der Waals surface area (Å²) < 4.78 is 0. The van der Waals surface area contributed by atoms with Crippen molar-refractivity contribution in [3.63, 3.8) is 0 Å². The minimum Gasteiger partial charge on any atom is -0.332 e. The van der Waals surface area contributed by atoms with Crippen LogP contribution >= 0.6 is 0 Å². The number of nitrogens with zero attached hydrogens (tertiary/aromatic N) is 1. The Morgan fingerprint density at radius 1 is 1.16 bits per heavy atom. The van der Waals surface area contributed by atoms with Crippen LogP contribution in [0, 0.1) is 22.7 Å². The Morgan fingerprint density at radius 2 is 1.74 bits per heavy atom. The average molecular weight is 263 g/mol. The van der Waals surface area contributed by atoms with E-state index in [0.29, 0.717) is 11.8 Å². The molecule has 0 aliphatic carbocycles. The molecule has 0 aliphatic heterocycles. The molecule has 0 saturated carbocycles. The molecule has 3 heteroatoms. The summed E-state index contributed by atoms with van der Waals surface area (Å²) in [6.45, 7) is 13.5. The zero-order valence-electron chi connectivity index (χ0n) is 13.2. The van der Waals surface area contributed by atoms with E-state index in [0.717, 1.165) is 19.2 Å². The smallest absolute Gasteiger partial charge is 0.142 e. The van der Waals surface area contributed by atoms with Crippen molar-refractivity contribution in [1.82, 2.24) is 4.90 Å². The number of allylic oxidation sites excluding steroid dienone is 2. The Hall–Kier alpha value is -1.38. The molecule has 108 valence electrons. The largest absolute Gasteiger partial charge is 0.332 e. The van der Waals surface area contributed by atoms with Gasteiger partial charge < -0.3 is 10.3 Å². The SMILES string of the molecule is C/C=C(/C)C(C)CN(/C=C(\C)C(C)CC)C(=N)C=N. The summed E-state index contributed by atoms with van der Waals surface area (Å²) in [5, 5.41) is 15.2. The molecule has 0 bridgehead atoms. The second kappa shape index (κ2) is 8.68. The van der Waals surface area contributed by atoms with E-state index in [1.54, 1.807) is 0 Å². The molecule has 0 aromatic carbocycles. The predicted octanol–water partition coefficient (Wildman–Crippen LogP) is 4.47. The highest BCUT2D eigenvalue weighted by Crippen LogP contribution is 2.17. The van der Waals surface area contributed by atoms with E-state index in [4.69, 9.17) is 10.8 Å². The fourth-order valence-electron chi connectivity index (χ4n) is 1.72. The zero-order chi connectivity index (χ0) is 15.0. The van der Waals surface area contributed by atoms with Crippen molar-refractivity contribution in [1.29, 1.82) is 10.8 Å². The third-order valence-electron chi connectivity index (χ3n) is 3.90. The van der Waals surface area contributed by atoms with Crippen molar-refractivity contribution in [3.8, 4) is 0 Å². The molecule has 0 fully saturated rings. The molecule has 0 aliphatic rings. The first-order chi connectivity index (χ1) is 8.87. The number of amidine groups is 1. The molecule has 0 radical (unpaired) electrons. The Morgan fingerprint density at radius 3 is 2.16 bits per heavy atom. The van der Waals surface area contributed by atoms with Gasteiger partial charge in [-0.1, -0.05) is 38.0 Å². The fourth-order valence-corrected chi connectivity index (χ4v) is 1.72. The van der Waals surface area contributed by atoms with Crippen LogP contribution in [0.15, 0.2) is 23.4 Å². The molecule has 0 rings (SSSR count). The van der Waals surface area contributed by atoms with Crippen LogP contribution in [0.4, 0.5) is 0 Å². The van der Waals surface area contributed by atoms with Gasteiger partial charge in [0, 0.05) is 12.7 Å². The summed E-state index contributed by atoms with van der Waals surface area (Å²) in [6, 6.07) is 0. The molecule has 19 heavy (non-hydrogen) atoms. The molecule has 2 N–H and O–H groups in total. The van der Waals surface area contributed by atoms with Gasteiger partial charge in [-0.3, -0.25) is 5.41 Å². The van der Waals surface area contributed by atoms with Gasteiger partial charge in [0.2, 0.25) is 0 Å². The summed E-state index contributed by atoms with van der Waals surface area (Å²) in [7, 11) is 0. The Kier molecular flexibility index (Phi) is 8.05. The third kappa shape index (κ3) is 5.86. The first-order valence-electron chi connectivity index (χ1n) is 7.04. The van der Waals surface area contributed by atoms with E-state index >= 15 is 0 Å². The van der Waals surface area contributed by atoms with Crippen molar-refractivity contribution in [2.45, 2.75) is 48.0 Å². The molecule has 0 amide bonds. The molecule has 0 saturated heterocycles. The molecular weight excluding hydrogens is 234 g/mol. The van der Waals surface area contributed by atoms with Crippen LogP contribution in [0.1, 0.15) is 48.0 Å². The van der Waals surface area contributed by atoms with Gasteiger partial charge in [-0.05, 0) is 39.0 Å². The van der Waals surface area contributed by atoms with Crippen molar-refractivity contribution in [3.05, 3.63) is 23.4 Å². The van der Waals surface area contributed by atoms with Crippen LogP contribution in [0.3, 0.4) is 0 Å². The van der Waals surface area contributed by atoms with E-state index in [9.17, 15) is 0 Å². The van der Waals surface area contributed by atoms with Crippen LogP contribution in [0.2, 0.25) is 0 Å². The van der Waals surface area contributed by atoms with Crippen molar-refractivity contribution in [2.75, 3.05) is 6.54 Å². The highest BCUT2D eigenvalue weighted by Gasteiger charge is 2.13. The van der Waals surface area contributed by atoms with Gasteiger partial charge in [0.15, 0.2) is 0 Å². The lowest BCUT2D eigenvalue weighted by Gasteiger charge is -2.25. The van der Waals surface area contributed by atoms with E-state index < -0.39 is 0 Å². The number of nitrogens with one attached hydrogen (secondary N) is 2. The standard InChI is InChI=1S/C16H29N3/c1-7-12(3)14(5)10-19(16(18)9-17)11-15(6)13(4)8-2/h7,9,11,13-14,17-18H,8,10H2,1-6H3/b12-7-,15-11+,17-9?,18-16?. The van der Waals surface area contributed by atoms with Gasteiger partial charge in [0.05, 0.1) is 6.21 Å². The Balaban J connectivity index is 5.03. The summed E-state index contributed by atoms with van der Waals surface area (Å²) in [5.74, 6) is 1.14. The Labute approximate surface area is 118 Å². The van der Waals surface area contributed by atoms with Crippen molar-refractivity contribution in [2.24, 2.45) is 11.8 Å².